The zero-order valence-electron chi connectivity index (χ0n) is 11.5. The van der Waals surface area contributed by atoms with Crippen LogP contribution in [-0.2, 0) is 11.2 Å². The first kappa shape index (κ1) is 15.1. The molecule has 0 aromatic carbocycles. The summed E-state index contributed by atoms with van der Waals surface area (Å²) in [7, 11) is 0. The van der Waals surface area contributed by atoms with Crippen LogP contribution >= 0.6 is 11.3 Å². The van der Waals surface area contributed by atoms with Crippen LogP contribution in [0.4, 0.5) is 5.13 Å². The van der Waals surface area contributed by atoms with Crippen LogP contribution in [0.2, 0.25) is 0 Å². The van der Waals surface area contributed by atoms with Gasteiger partial charge in [0.25, 0.3) is 5.91 Å². The zero-order chi connectivity index (χ0) is 15.2. The van der Waals surface area contributed by atoms with Crippen molar-refractivity contribution < 1.29 is 14.7 Å². The molecule has 0 atom stereocenters. The highest BCUT2D eigenvalue weighted by molar-refractivity contribution is 7.13. The second-order valence-corrected chi connectivity index (χ2v) is 5.34. The fraction of sp³-hybridized carbons (Fsp3) is 0.286. The van der Waals surface area contributed by atoms with Gasteiger partial charge in [0.15, 0.2) is 5.13 Å². The lowest BCUT2D eigenvalue weighted by Gasteiger charge is -2.03. The number of aryl methyl sites for hydroxylation is 2. The Labute approximate surface area is 125 Å². The number of aliphatic carboxylic acids is 1. The van der Waals surface area contributed by atoms with Crippen LogP contribution in [0.15, 0.2) is 23.7 Å². The van der Waals surface area contributed by atoms with E-state index >= 15 is 0 Å². The third-order valence-electron chi connectivity index (χ3n) is 2.85. The van der Waals surface area contributed by atoms with Gasteiger partial charge in [-0.05, 0) is 31.9 Å². The third-order valence-corrected chi connectivity index (χ3v) is 3.65. The number of rotatable bonds is 6. The van der Waals surface area contributed by atoms with Gasteiger partial charge in [-0.15, -0.1) is 11.3 Å². The smallest absolute Gasteiger partial charge is 0.303 e. The van der Waals surface area contributed by atoms with Crippen molar-refractivity contribution in [3.63, 3.8) is 0 Å². The number of carbonyl (C=O) groups is 2. The lowest BCUT2D eigenvalue weighted by Crippen LogP contribution is -2.13. The molecule has 1 amide bonds. The molecule has 21 heavy (non-hydrogen) atoms. The quantitative estimate of drug-likeness (QED) is 0.855. The highest BCUT2D eigenvalue weighted by Gasteiger charge is 2.11. The van der Waals surface area contributed by atoms with Crippen LogP contribution in [0.3, 0.4) is 0 Å². The van der Waals surface area contributed by atoms with Crippen molar-refractivity contribution in [3.8, 4) is 0 Å². The lowest BCUT2D eigenvalue weighted by atomic mass is 10.2. The molecule has 0 saturated heterocycles. The molecule has 2 aromatic rings. The molecule has 0 saturated carbocycles. The Morgan fingerprint density at radius 1 is 1.43 bits per heavy atom. The highest BCUT2D eigenvalue weighted by atomic mass is 32.1. The van der Waals surface area contributed by atoms with E-state index in [0.717, 1.165) is 5.69 Å². The number of thiazole rings is 1. The lowest BCUT2D eigenvalue weighted by molar-refractivity contribution is -0.137. The molecule has 7 heteroatoms. The van der Waals surface area contributed by atoms with E-state index < -0.39 is 5.97 Å². The number of hydrogen-bond donors (Lipinski definition) is 2. The Morgan fingerprint density at radius 2 is 2.24 bits per heavy atom. The number of nitrogens with zero attached hydrogens (tertiary/aromatic N) is 2. The minimum absolute atomic E-state index is 0.119. The normalized spacial score (nSPS) is 10.3. The van der Waals surface area contributed by atoms with Crippen LogP contribution in [-0.4, -0.2) is 27.0 Å². The van der Waals surface area contributed by atoms with Crippen molar-refractivity contribution in [1.82, 2.24) is 9.97 Å². The fourth-order valence-corrected chi connectivity index (χ4v) is 2.53. The minimum atomic E-state index is -0.814. The van der Waals surface area contributed by atoms with E-state index in [9.17, 15) is 9.59 Å². The molecule has 110 valence electrons. The van der Waals surface area contributed by atoms with Gasteiger partial charge in [0.05, 0.1) is 11.3 Å². The van der Waals surface area contributed by atoms with Gasteiger partial charge < -0.3 is 5.11 Å². The van der Waals surface area contributed by atoms with Crippen molar-refractivity contribution in [2.24, 2.45) is 0 Å². The number of amides is 1. The molecule has 0 aliphatic carbocycles. The number of anilines is 1. The van der Waals surface area contributed by atoms with Gasteiger partial charge in [-0.25, -0.2) is 4.98 Å². The van der Waals surface area contributed by atoms with Crippen LogP contribution in [0.1, 0.15) is 34.6 Å². The second-order valence-electron chi connectivity index (χ2n) is 4.48. The molecule has 0 radical (unpaired) electrons. The van der Waals surface area contributed by atoms with Crippen molar-refractivity contribution in [2.75, 3.05) is 5.32 Å². The number of carbonyl (C=O) groups excluding carboxylic acids is 1. The summed E-state index contributed by atoms with van der Waals surface area (Å²) in [6, 6.07) is 3.42. The van der Waals surface area contributed by atoms with Gasteiger partial charge in [-0.1, -0.05) is 0 Å². The third kappa shape index (κ3) is 4.35. The summed E-state index contributed by atoms with van der Waals surface area (Å²) >= 11 is 1.33. The van der Waals surface area contributed by atoms with Crippen molar-refractivity contribution in [2.45, 2.75) is 26.2 Å². The Morgan fingerprint density at radius 3 is 2.95 bits per heavy atom. The summed E-state index contributed by atoms with van der Waals surface area (Å²) in [5, 5.41) is 13.7. The molecule has 0 unspecified atom stereocenters. The summed E-state index contributed by atoms with van der Waals surface area (Å²) in [6.45, 7) is 1.77. The maximum atomic E-state index is 12.1. The van der Waals surface area contributed by atoms with E-state index in [4.69, 9.17) is 5.11 Å². The molecule has 2 rings (SSSR count). The summed E-state index contributed by atoms with van der Waals surface area (Å²) in [4.78, 5) is 30.9. The molecular formula is C14H15N3O3S. The van der Waals surface area contributed by atoms with E-state index in [1.54, 1.807) is 25.3 Å². The molecule has 0 fully saturated rings. The fourth-order valence-electron chi connectivity index (χ4n) is 1.79. The van der Waals surface area contributed by atoms with Gasteiger partial charge in [-0.2, -0.15) is 0 Å². The van der Waals surface area contributed by atoms with Crippen molar-refractivity contribution in [3.05, 3.63) is 40.7 Å². The zero-order valence-corrected chi connectivity index (χ0v) is 12.3. The van der Waals surface area contributed by atoms with Gasteiger partial charge in [0.2, 0.25) is 0 Å². The summed E-state index contributed by atoms with van der Waals surface area (Å²) in [6.07, 6.45) is 2.88. The largest absolute Gasteiger partial charge is 0.481 e. The molecule has 2 aromatic heterocycles. The van der Waals surface area contributed by atoms with Crippen molar-refractivity contribution in [1.29, 1.82) is 0 Å². The van der Waals surface area contributed by atoms with E-state index in [1.165, 1.54) is 11.3 Å². The van der Waals surface area contributed by atoms with Gasteiger partial charge in [-0.3, -0.25) is 19.9 Å². The van der Waals surface area contributed by atoms with Gasteiger partial charge in [0, 0.05) is 23.7 Å². The summed E-state index contributed by atoms with van der Waals surface area (Å²) in [5.41, 5.74) is 1.97. The highest BCUT2D eigenvalue weighted by Crippen LogP contribution is 2.18. The summed E-state index contributed by atoms with van der Waals surface area (Å²) in [5.74, 6) is -1.06. The Balaban J connectivity index is 1.95. The van der Waals surface area contributed by atoms with Gasteiger partial charge in [0.1, 0.15) is 0 Å². The first-order chi connectivity index (χ1) is 10.1. The average Bonchev–Trinajstić information content (AvgIpc) is 2.86. The van der Waals surface area contributed by atoms with Crippen LogP contribution in [0.25, 0.3) is 0 Å². The SMILES string of the molecule is Cc1ncccc1C(=O)Nc1nc(CCCC(=O)O)cs1. The second kappa shape index (κ2) is 6.94. The average molecular weight is 305 g/mol. The predicted octanol–water partition coefficient (Wildman–Crippen LogP) is 2.51. The monoisotopic (exact) mass is 305 g/mol. The van der Waals surface area contributed by atoms with E-state index in [0.29, 0.717) is 29.2 Å². The topological polar surface area (TPSA) is 92.2 Å². The molecule has 2 heterocycles. The van der Waals surface area contributed by atoms with E-state index in [1.807, 2.05) is 5.38 Å². The van der Waals surface area contributed by atoms with E-state index in [-0.39, 0.29) is 12.3 Å². The number of carboxylic acids is 1. The number of nitrogens with one attached hydrogen (secondary N) is 1. The Hall–Kier alpha value is -2.28. The van der Waals surface area contributed by atoms with Crippen molar-refractivity contribution >= 4 is 28.3 Å². The first-order valence-corrected chi connectivity index (χ1v) is 7.33. The maximum absolute atomic E-state index is 12.1. The van der Waals surface area contributed by atoms with Gasteiger partial charge >= 0.3 is 5.97 Å². The number of hydrogen-bond acceptors (Lipinski definition) is 5. The van der Waals surface area contributed by atoms with Crippen LogP contribution < -0.4 is 5.32 Å². The Bertz CT molecular complexity index is 654. The van der Waals surface area contributed by atoms with Crippen LogP contribution in [0.5, 0.6) is 0 Å². The molecule has 0 spiro atoms. The standard InChI is InChI=1S/C14H15N3O3S/c1-9-11(5-3-7-15-9)13(20)17-14-16-10(8-21-14)4-2-6-12(18)19/h3,5,7-8H,2,4,6H2,1H3,(H,18,19)(H,16,17,20). The summed E-state index contributed by atoms with van der Waals surface area (Å²) < 4.78 is 0. The maximum Gasteiger partial charge on any atom is 0.303 e. The Kier molecular flexibility index (Phi) is 4.99. The molecule has 2 N–H and O–H groups in total. The molecule has 0 aliphatic rings. The molecule has 6 nitrogen and oxygen atoms in total. The number of pyridine rings is 1. The van der Waals surface area contributed by atoms with E-state index in [2.05, 4.69) is 15.3 Å². The molecule has 0 aliphatic heterocycles. The number of carboxylic acid groups (broad SMARTS) is 1. The molecule has 0 bridgehead atoms. The predicted molar refractivity (Wildman–Crippen MR) is 79.6 cm³/mol. The number of aromatic nitrogens is 2. The minimum Gasteiger partial charge on any atom is -0.481 e. The molecular weight excluding hydrogens is 290 g/mol. The van der Waals surface area contributed by atoms with Crippen LogP contribution in [0, 0.1) is 6.92 Å². The first-order valence-electron chi connectivity index (χ1n) is 6.45.